The van der Waals surface area contributed by atoms with Crippen molar-refractivity contribution in [2.45, 2.75) is 24.5 Å². The van der Waals surface area contributed by atoms with Crippen LogP contribution in [0.2, 0.25) is 0 Å². The predicted octanol–water partition coefficient (Wildman–Crippen LogP) is 3.26. The normalized spacial score (nSPS) is 17.8. The third-order valence-corrected chi connectivity index (χ3v) is 7.18. The molecule has 0 saturated carbocycles. The summed E-state index contributed by atoms with van der Waals surface area (Å²) < 4.78 is 10.9. The molecule has 2 aliphatic heterocycles. The Morgan fingerprint density at radius 1 is 0.771 bits per heavy atom. The highest BCUT2D eigenvalue weighted by Crippen LogP contribution is 2.34. The molecule has 1 saturated heterocycles. The zero-order valence-electron chi connectivity index (χ0n) is 20.1. The number of benzene rings is 3. The van der Waals surface area contributed by atoms with Crippen LogP contribution in [-0.2, 0) is 12.0 Å². The minimum absolute atomic E-state index is 0.302. The molecule has 2 aliphatic rings. The highest BCUT2D eigenvalue weighted by molar-refractivity contribution is 5.44. The first kappa shape index (κ1) is 23.8. The number of hydrogen-bond acceptors (Lipinski definition) is 6. The molecule has 0 aromatic heterocycles. The fraction of sp³-hybridized carbons (Fsp3) is 0.379. The molecule has 0 bridgehead atoms. The Morgan fingerprint density at radius 2 is 1.40 bits per heavy atom. The molecule has 0 aliphatic carbocycles. The van der Waals surface area contributed by atoms with Gasteiger partial charge in [0.1, 0.15) is 11.7 Å². The van der Waals surface area contributed by atoms with E-state index in [4.69, 9.17) is 9.47 Å². The third-order valence-electron chi connectivity index (χ3n) is 7.18. The molecule has 2 heterocycles. The van der Waals surface area contributed by atoms with Crippen LogP contribution in [0.5, 0.6) is 11.5 Å². The van der Waals surface area contributed by atoms with E-state index < -0.39 is 11.7 Å². The molecule has 0 spiro atoms. The largest absolute Gasteiger partial charge is 0.454 e. The summed E-state index contributed by atoms with van der Waals surface area (Å²) in [5, 5.41) is 23.2. The summed E-state index contributed by atoms with van der Waals surface area (Å²) in [7, 11) is 0. The quantitative estimate of drug-likeness (QED) is 0.523. The van der Waals surface area contributed by atoms with Gasteiger partial charge in [-0.2, -0.15) is 0 Å². The van der Waals surface area contributed by atoms with Gasteiger partial charge >= 0.3 is 0 Å². The Labute approximate surface area is 207 Å². The van der Waals surface area contributed by atoms with Crippen LogP contribution in [0.1, 0.15) is 23.1 Å². The summed E-state index contributed by atoms with van der Waals surface area (Å²) in [6.07, 6.45) is 1.04. The fourth-order valence-electron chi connectivity index (χ4n) is 5.13. The molecule has 1 atom stereocenters. The lowest BCUT2D eigenvalue weighted by Crippen LogP contribution is -2.48. The van der Waals surface area contributed by atoms with Gasteiger partial charge in [0.15, 0.2) is 11.5 Å². The van der Waals surface area contributed by atoms with Crippen LogP contribution in [0.25, 0.3) is 0 Å². The van der Waals surface area contributed by atoms with Crippen molar-refractivity contribution < 1.29 is 19.7 Å². The molecule has 0 amide bonds. The molecule has 184 valence electrons. The van der Waals surface area contributed by atoms with Gasteiger partial charge in [0.05, 0.1) is 0 Å². The lowest BCUT2D eigenvalue weighted by Gasteiger charge is -2.37. The molecule has 3 aromatic rings. The monoisotopic (exact) mass is 474 g/mol. The summed E-state index contributed by atoms with van der Waals surface area (Å²) in [6.45, 7) is 5.42. The molecule has 35 heavy (non-hydrogen) atoms. The molecule has 0 radical (unpaired) electrons. The van der Waals surface area contributed by atoms with Crippen LogP contribution in [0.15, 0.2) is 78.9 Å². The zero-order chi connectivity index (χ0) is 24.1. The van der Waals surface area contributed by atoms with E-state index in [1.807, 2.05) is 66.7 Å². The Kier molecular flexibility index (Phi) is 7.35. The summed E-state index contributed by atoms with van der Waals surface area (Å²) in [6, 6.07) is 25.2. The van der Waals surface area contributed by atoms with Gasteiger partial charge in [0, 0.05) is 26.2 Å². The number of hydrogen-bond donors (Lipinski definition) is 2. The first-order chi connectivity index (χ1) is 17.1. The van der Waals surface area contributed by atoms with Crippen molar-refractivity contribution in [2.75, 3.05) is 46.1 Å². The topological polar surface area (TPSA) is 65.4 Å². The second kappa shape index (κ2) is 10.8. The SMILES string of the molecule is OC(CN1CCCN(CCc2ccc3c(c2)OCO3)CC1)C(O)(c1ccccc1)c1ccccc1. The molecule has 1 fully saturated rings. The van der Waals surface area contributed by atoms with E-state index in [-0.39, 0.29) is 0 Å². The van der Waals surface area contributed by atoms with E-state index in [2.05, 4.69) is 21.9 Å². The van der Waals surface area contributed by atoms with E-state index in [0.29, 0.717) is 24.5 Å². The van der Waals surface area contributed by atoms with E-state index >= 15 is 0 Å². The molecular formula is C29H34N2O4. The molecule has 3 aromatic carbocycles. The van der Waals surface area contributed by atoms with Crippen molar-refractivity contribution >= 4 is 0 Å². The second-order valence-corrected chi connectivity index (χ2v) is 9.45. The number of β-amino-alcohol motifs (C(OH)–C–C–N with tert-alkyl or cyclic N) is 1. The van der Waals surface area contributed by atoms with Crippen molar-refractivity contribution in [3.05, 3.63) is 95.6 Å². The fourth-order valence-corrected chi connectivity index (χ4v) is 5.13. The molecular weight excluding hydrogens is 440 g/mol. The Hall–Kier alpha value is -2.90. The number of ether oxygens (including phenoxy) is 2. The van der Waals surface area contributed by atoms with Gasteiger partial charge in [-0.1, -0.05) is 66.7 Å². The average molecular weight is 475 g/mol. The molecule has 6 heteroatoms. The third kappa shape index (κ3) is 5.36. The van der Waals surface area contributed by atoms with Crippen LogP contribution in [0, 0.1) is 0 Å². The van der Waals surface area contributed by atoms with Gasteiger partial charge in [0.25, 0.3) is 0 Å². The molecule has 5 rings (SSSR count). The molecule has 6 nitrogen and oxygen atoms in total. The maximum Gasteiger partial charge on any atom is 0.231 e. The second-order valence-electron chi connectivity index (χ2n) is 9.45. The first-order valence-electron chi connectivity index (χ1n) is 12.5. The summed E-state index contributed by atoms with van der Waals surface area (Å²) in [4.78, 5) is 4.76. The van der Waals surface area contributed by atoms with E-state index in [0.717, 1.165) is 57.1 Å². The van der Waals surface area contributed by atoms with Crippen LogP contribution >= 0.6 is 0 Å². The zero-order valence-corrected chi connectivity index (χ0v) is 20.1. The van der Waals surface area contributed by atoms with Gasteiger partial charge in [0.2, 0.25) is 6.79 Å². The number of nitrogens with zero attached hydrogens (tertiary/aromatic N) is 2. The highest BCUT2D eigenvalue weighted by Gasteiger charge is 2.40. The minimum atomic E-state index is -1.46. The molecule has 1 unspecified atom stereocenters. The average Bonchev–Trinajstić information content (AvgIpc) is 3.26. The maximum atomic E-state index is 11.8. The number of aliphatic hydroxyl groups excluding tert-OH is 1. The van der Waals surface area contributed by atoms with Crippen LogP contribution < -0.4 is 9.47 Å². The Balaban J connectivity index is 1.20. The van der Waals surface area contributed by atoms with Crippen molar-refractivity contribution in [1.29, 1.82) is 0 Å². The van der Waals surface area contributed by atoms with Crippen LogP contribution in [0.4, 0.5) is 0 Å². The predicted molar refractivity (Wildman–Crippen MR) is 136 cm³/mol. The standard InChI is InChI=1S/C29H34N2O4/c32-28(29(33,24-8-3-1-4-9-24)25-10-5-2-6-11-25)21-31-16-7-15-30(18-19-31)17-14-23-12-13-26-27(20-23)35-22-34-26/h1-6,8-13,20,28,32-33H,7,14-19,21-22H2. The summed E-state index contributed by atoms with van der Waals surface area (Å²) >= 11 is 0. The van der Waals surface area contributed by atoms with E-state index in [9.17, 15) is 10.2 Å². The Bertz CT molecular complexity index is 1050. The Morgan fingerprint density at radius 3 is 2.11 bits per heavy atom. The van der Waals surface area contributed by atoms with Crippen molar-refractivity contribution in [3.63, 3.8) is 0 Å². The lowest BCUT2D eigenvalue weighted by molar-refractivity contribution is -0.0632. The van der Waals surface area contributed by atoms with Gasteiger partial charge < -0.3 is 24.6 Å². The van der Waals surface area contributed by atoms with Gasteiger partial charge in [-0.05, 0) is 54.8 Å². The summed E-state index contributed by atoms with van der Waals surface area (Å²) in [5.74, 6) is 1.66. The first-order valence-corrected chi connectivity index (χ1v) is 12.5. The van der Waals surface area contributed by atoms with Crippen molar-refractivity contribution in [2.24, 2.45) is 0 Å². The number of rotatable bonds is 8. The minimum Gasteiger partial charge on any atom is -0.454 e. The van der Waals surface area contributed by atoms with Crippen molar-refractivity contribution in [3.8, 4) is 11.5 Å². The van der Waals surface area contributed by atoms with Gasteiger partial charge in [-0.15, -0.1) is 0 Å². The van der Waals surface area contributed by atoms with Crippen LogP contribution in [0.3, 0.4) is 0 Å². The number of fused-ring (bicyclic) bond motifs is 1. The van der Waals surface area contributed by atoms with E-state index in [1.165, 1.54) is 5.56 Å². The van der Waals surface area contributed by atoms with E-state index in [1.54, 1.807) is 0 Å². The van der Waals surface area contributed by atoms with Crippen LogP contribution in [-0.4, -0.2) is 72.2 Å². The van der Waals surface area contributed by atoms with Gasteiger partial charge in [-0.3, -0.25) is 4.90 Å². The smallest absolute Gasteiger partial charge is 0.231 e. The van der Waals surface area contributed by atoms with Gasteiger partial charge in [-0.25, -0.2) is 0 Å². The summed E-state index contributed by atoms with van der Waals surface area (Å²) in [5.41, 5.74) is 1.20. The lowest BCUT2D eigenvalue weighted by atomic mass is 9.81. The number of aliphatic hydroxyl groups is 2. The van der Waals surface area contributed by atoms with Crippen molar-refractivity contribution in [1.82, 2.24) is 9.80 Å². The maximum absolute atomic E-state index is 11.8. The highest BCUT2D eigenvalue weighted by atomic mass is 16.7. The molecule has 2 N–H and O–H groups in total.